The number of rotatable bonds is 8. The van der Waals surface area contributed by atoms with Crippen molar-refractivity contribution in [2.24, 2.45) is 0 Å². The number of nitrogens with zero attached hydrogens (tertiary/aromatic N) is 1. The summed E-state index contributed by atoms with van der Waals surface area (Å²) in [7, 11) is -1.18. The fourth-order valence-electron chi connectivity index (χ4n) is 4.05. The smallest absolute Gasteiger partial charge is 0.410 e. The van der Waals surface area contributed by atoms with Gasteiger partial charge in [0.2, 0.25) is 0 Å². The van der Waals surface area contributed by atoms with Crippen molar-refractivity contribution in [1.82, 2.24) is 4.90 Å². The van der Waals surface area contributed by atoms with Gasteiger partial charge >= 0.3 is 12.1 Å². The molecule has 39 heavy (non-hydrogen) atoms. The Morgan fingerprint density at radius 3 is 2.49 bits per heavy atom. The zero-order chi connectivity index (χ0) is 28.2. The number of esters is 1. The molecule has 0 fully saturated rings. The molecule has 4 rings (SSSR count). The molecule has 2 aromatic carbocycles. The van der Waals surface area contributed by atoms with Crippen LogP contribution in [0, 0.1) is 0 Å². The van der Waals surface area contributed by atoms with E-state index in [0.29, 0.717) is 24.3 Å². The maximum absolute atomic E-state index is 13.2. The van der Waals surface area contributed by atoms with Crippen molar-refractivity contribution in [2.45, 2.75) is 24.8 Å². The molecular formula is C26H27N3O8S2. The summed E-state index contributed by atoms with van der Waals surface area (Å²) in [5.74, 6) is -0.636. The van der Waals surface area contributed by atoms with Gasteiger partial charge in [-0.1, -0.05) is 6.07 Å². The topological polar surface area (TPSA) is 140 Å². The van der Waals surface area contributed by atoms with Gasteiger partial charge in [0.05, 0.1) is 37.8 Å². The molecule has 0 saturated heterocycles. The molecule has 1 aliphatic rings. The Balaban J connectivity index is 1.55. The van der Waals surface area contributed by atoms with Gasteiger partial charge in [-0.15, -0.1) is 11.3 Å². The van der Waals surface area contributed by atoms with E-state index >= 15 is 0 Å². The highest BCUT2D eigenvalue weighted by Crippen LogP contribution is 2.38. The van der Waals surface area contributed by atoms with Gasteiger partial charge in [-0.25, -0.2) is 18.0 Å². The molecule has 0 aliphatic carbocycles. The number of thiophene rings is 1. The third-order valence-electron chi connectivity index (χ3n) is 5.95. The molecule has 0 spiro atoms. The van der Waals surface area contributed by atoms with Gasteiger partial charge in [0.25, 0.3) is 15.9 Å². The predicted molar refractivity (Wildman–Crippen MR) is 145 cm³/mol. The number of nitrogens with one attached hydrogen (secondary N) is 2. The quantitative estimate of drug-likeness (QED) is 0.384. The minimum absolute atomic E-state index is 0.0295. The first-order valence-electron chi connectivity index (χ1n) is 11.9. The monoisotopic (exact) mass is 573 g/mol. The second-order valence-electron chi connectivity index (χ2n) is 8.39. The van der Waals surface area contributed by atoms with Crippen LogP contribution in [-0.4, -0.2) is 58.7 Å². The normalized spacial score (nSPS) is 12.7. The first kappa shape index (κ1) is 27.9. The molecule has 1 aromatic heterocycles. The van der Waals surface area contributed by atoms with Gasteiger partial charge in [-0.2, -0.15) is 0 Å². The van der Waals surface area contributed by atoms with Gasteiger partial charge in [-0.05, 0) is 61.4 Å². The van der Waals surface area contributed by atoms with Crippen molar-refractivity contribution < 1.29 is 37.0 Å². The van der Waals surface area contributed by atoms with E-state index in [1.165, 1.54) is 72.9 Å². The average Bonchev–Trinajstić information content (AvgIpc) is 3.29. The van der Waals surface area contributed by atoms with E-state index in [1.54, 1.807) is 13.0 Å². The number of carbonyl (C=O) groups is 3. The lowest BCUT2D eigenvalue weighted by Gasteiger charge is -2.26. The molecule has 0 saturated carbocycles. The number of carbonyl (C=O) groups excluding carboxylic acids is 3. The predicted octanol–water partition coefficient (Wildman–Crippen LogP) is 4.11. The van der Waals surface area contributed by atoms with Crippen LogP contribution in [0.4, 0.5) is 15.5 Å². The lowest BCUT2D eigenvalue weighted by atomic mass is 10.0. The molecule has 0 radical (unpaired) electrons. The van der Waals surface area contributed by atoms with E-state index in [1.807, 2.05) is 0 Å². The average molecular weight is 574 g/mol. The number of benzene rings is 2. The standard InChI is InChI=1S/C26H27N3O8S2/c1-4-37-26(32)29-13-12-20-21(15-29)38-24(22(20)25(31)36-3)27-23(30)16-6-5-7-17(14-16)28-39(33,34)19-10-8-18(35-2)9-11-19/h5-11,14,28H,4,12-13,15H2,1-3H3,(H,27,30). The van der Waals surface area contributed by atoms with Gasteiger partial charge in [0, 0.05) is 22.7 Å². The Morgan fingerprint density at radius 1 is 1.08 bits per heavy atom. The molecule has 13 heteroatoms. The number of amides is 2. The van der Waals surface area contributed by atoms with E-state index in [4.69, 9.17) is 14.2 Å². The number of methoxy groups -OCH3 is 2. The minimum Gasteiger partial charge on any atom is -0.497 e. The number of hydrogen-bond acceptors (Lipinski definition) is 9. The first-order valence-corrected chi connectivity index (χ1v) is 14.2. The van der Waals surface area contributed by atoms with E-state index in [-0.39, 0.29) is 39.9 Å². The third kappa shape index (κ3) is 6.15. The molecule has 0 atom stereocenters. The van der Waals surface area contributed by atoms with Gasteiger partial charge in [0.15, 0.2) is 0 Å². The molecule has 0 bridgehead atoms. The van der Waals surface area contributed by atoms with Crippen molar-refractivity contribution in [3.63, 3.8) is 0 Å². The molecule has 1 aliphatic heterocycles. The number of fused-ring (bicyclic) bond motifs is 1. The zero-order valence-electron chi connectivity index (χ0n) is 21.5. The van der Waals surface area contributed by atoms with Crippen LogP contribution < -0.4 is 14.8 Å². The molecule has 2 heterocycles. The third-order valence-corrected chi connectivity index (χ3v) is 8.48. The van der Waals surface area contributed by atoms with E-state index in [2.05, 4.69) is 10.0 Å². The van der Waals surface area contributed by atoms with Crippen LogP contribution in [0.15, 0.2) is 53.4 Å². The molecule has 2 amide bonds. The Hall–Kier alpha value is -4.10. The van der Waals surface area contributed by atoms with Crippen molar-refractivity contribution in [2.75, 3.05) is 37.4 Å². The number of hydrogen-bond donors (Lipinski definition) is 2. The van der Waals surface area contributed by atoms with Crippen LogP contribution in [0.3, 0.4) is 0 Å². The molecule has 206 valence electrons. The molecule has 0 unspecified atom stereocenters. The number of anilines is 2. The fourth-order valence-corrected chi connectivity index (χ4v) is 6.34. The summed E-state index contributed by atoms with van der Waals surface area (Å²) in [6, 6.07) is 11.9. The number of ether oxygens (including phenoxy) is 3. The van der Waals surface area contributed by atoms with Gasteiger partial charge < -0.3 is 24.4 Å². The highest BCUT2D eigenvalue weighted by atomic mass is 32.2. The summed E-state index contributed by atoms with van der Waals surface area (Å²) < 4.78 is 43.2. The van der Waals surface area contributed by atoms with Crippen molar-refractivity contribution in [3.05, 3.63) is 70.1 Å². The van der Waals surface area contributed by atoms with Crippen LogP contribution in [0.5, 0.6) is 5.75 Å². The Morgan fingerprint density at radius 2 is 1.82 bits per heavy atom. The summed E-state index contributed by atoms with van der Waals surface area (Å²) >= 11 is 1.18. The van der Waals surface area contributed by atoms with E-state index in [9.17, 15) is 22.8 Å². The Bertz CT molecular complexity index is 1500. The largest absolute Gasteiger partial charge is 0.497 e. The first-order chi connectivity index (χ1) is 18.7. The molecular weight excluding hydrogens is 546 g/mol. The summed E-state index contributed by atoms with van der Waals surface area (Å²) in [6.07, 6.45) is -0.0521. The van der Waals surface area contributed by atoms with E-state index in [0.717, 1.165) is 4.88 Å². The SMILES string of the molecule is CCOC(=O)N1CCc2c(sc(NC(=O)c3cccc(NS(=O)(=O)c4ccc(OC)cc4)c3)c2C(=O)OC)C1. The van der Waals surface area contributed by atoms with Crippen molar-refractivity contribution in [3.8, 4) is 5.75 Å². The van der Waals surface area contributed by atoms with Gasteiger partial charge in [0.1, 0.15) is 10.8 Å². The molecule has 11 nitrogen and oxygen atoms in total. The maximum atomic E-state index is 13.2. The lowest BCUT2D eigenvalue weighted by Crippen LogP contribution is -2.36. The van der Waals surface area contributed by atoms with Crippen LogP contribution >= 0.6 is 11.3 Å². The highest BCUT2D eigenvalue weighted by Gasteiger charge is 2.31. The van der Waals surface area contributed by atoms with Crippen LogP contribution in [0.2, 0.25) is 0 Å². The van der Waals surface area contributed by atoms with E-state index < -0.39 is 28.0 Å². The zero-order valence-corrected chi connectivity index (χ0v) is 23.1. The van der Waals surface area contributed by atoms with Crippen LogP contribution in [0.1, 0.15) is 38.1 Å². The van der Waals surface area contributed by atoms with Crippen molar-refractivity contribution >= 4 is 50.0 Å². The summed E-state index contributed by atoms with van der Waals surface area (Å²) in [4.78, 5) is 40.3. The Labute approximate surface area is 229 Å². The fraction of sp³-hybridized carbons (Fsp3) is 0.269. The molecule has 3 aromatic rings. The Kier molecular flexibility index (Phi) is 8.41. The van der Waals surface area contributed by atoms with Crippen LogP contribution in [0.25, 0.3) is 0 Å². The summed E-state index contributed by atoms with van der Waals surface area (Å²) in [5.41, 5.74) is 1.30. The van der Waals surface area contributed by atoms with Crippen LogP contribution in [-0.2, 0) is 32.5 Å². The number of sulfonamides is 1. The summed E-state index contributed by atoms with van der Waals surface area (Å²) in [6.45, 7) is 2.56. The van der Waals surface area contributed by atoms with Gasteiger partial charge in [-0.3, -0.25) is 9.52 Å². The second kappa shape index (κ2) is 11.7. The lowest BCUT2D eigenvalue weighted by molar-refractivity contribution is 0.0600. The minimum atomic E-state index is -3.92. The second-order valence-corrected chi connectivity index (χ2v) is 11.2. The van der Waals surface area contributed by atoms with Crippen molar-refractivity contribution in [1.29, 1.82) is 0 Å². The highest BCUT2D eigenvalue weighted by molar-refractivity contribution is 7.92. The molecule has 2 N–H and O–H groups in total. The maximum Gasteiger partial charge on any atom is 0.410 e. The summed E-state index contributed by atoms with van der Waals surface area (Å²) in [5, 5.41) is 3.04.